The highest BCUT2D eigenvalue weighted by Gasteiger charge is 2.22. The van der Waals surface area contributed by atoms with Gasteiger partial charge in [-0.3, -0.25) is 19.9 Å². The molecule has 28 heavy (non-hydrogen) atoms. The van der Waals surface area contributed by atoms with E-state index in [-0.39, 0.29) is 17.3 Å². The summed E-state index contributed by atoms with van der Waals surface area (Å²) in [6.45, 7) is 4.32. The summed E-state index contributed by atoms with van der Waals surface area (Å²) >= 11 is 1.24. The Balaban J connectivity index is 1.76. The van der Waals surface area contributed by atoms with Crippen LogP contribution in [0.2, 0.25) is 0 Å². The number of anilines is 1. The van der Waals surface area contributed by atoms with E-state index in [4.69, 9.17) is 0 Å². The van der Waals surface area contributed by atoms with Crippen LogP contribution in [0.5, 0.6) is 0 Å². The van der Waals surface area contributed by atoms with Crippen LogP contribution in [0.3, 0.4) is 0 Å². The highest BCUT2D eigenvalue weighted by Crippen LogP contribution is 2.28. The van der Waals surface area contributed by atoms with Crippen molar-refractivity contribution in [1.29, 1.82) is 0 Å². The third-order valence-corrected chi connectivity index (χ3v) is 5.06. The molecule has 0 unspecified atom stereocenters. The minimum Gasteiger partial charge on any atom is -0.319 e. The van der Waals surface area contributed by atoms with E-state index in [2.05, 4.69) is 20.5 Å². The van der Waals surface area contributed by atoms with Crippen LogP contribution in [0.15, 0.2) is 53.9 Å². The molecule has 0 saturated heterocycles. The topological polar surface area (TPSA) is 116 Å². The SMILES string of the molecule is CCn1c(S[C@H](C)C(=O)Nc2ccccc2[N+](=O)[O-])nnc1-c1ccncc1. The summed E-state index contributed by atoms with van der Waals surface area (Å²) in [6, 6.07) is 9.72. The van der Waals surface area contributed by atoms with Crippen molar-refractivity contribution in [2.45, 2.75) is 30.8 Å². The highest BCUT2D eigenvalue weighted by molar-refractivity contribution is 8.00. The van der Waals surface area contributed by atoms with Crippen molar-refractivity contribution in [2.75, 3.05) is 5.32 Å². The van der Waals surface area contributed by atoms with Crippen molar-refractivity contribution in [3.05, 3.63) is 58.9 Å². The first-order chi connectivity index (χ1) is 13.5. The maximum absolute atomic E-state index is 12.5. The van der Waals surface area contributed by atoms with Gasteiger partial charge in [0, 0.05) is 30.6 Å². The molecule has 1 atom stereocenters. The average molecular weight is 398 g/mol. The average Bonchev–Trinajstić information content (AvgIpc) is 3.11. The molecule has 0 aliphatic rings. The lowest BCUT2D eigenvalue weighted by atomic mass is 10.2. The van der Waals surface area contributed by atoms with Crippen LogP contribution in [0.1, 0.15) is 13.8 Å². The fourth-order valence-electron chi connectivity index (χ4n) is 2.56. The summed E-state index contributed by atoms with van der Waals surface area (Å²) < 4.78 is 1.91. The molecular weight excluding hydrogens is 380 g/mol. The Morgan fingerprint density at radius 2 is 1.96 bits per heavy atom. The molecule has 2 aromatic heterocycles. The quantitative estimate of drug-likeness (QED) is 0.368. The van der Waals surface area contributed by atoms with Gasteiger partial charge in [0.15, 0.2) is 11.0 Å². The molecule has 9 nitrogen and oxygen atoms in total. The Morgan fingerprint density at radius 3 is 2.64 bits per heavy atom. The summed E-state index contributed by atoms with van der Waals surface area (Å²) in [7, 11) is 0. The molecule has 1 N–H and O–H groups in total. The zero-order valence-electron chi connectivity index (χ0n) is 15.3. The van der Waals surface area contributed by atoms with Gasteiger partial charge < -0.3 is 9.88 Å². The smallest absolute Gasteiger partial charge is 0.292 e. The maximum Gasteiger partial charge on any atom is 0.292 e. The molecule has 3 aromatic rings. The lowest BCUT2D eigenvalue weighted by Crippen LogP contribution is -2.23. The summed E-state index contributed by atoms with van der Waals surface area (Å²) in [6.07, 6.45) is 3.36. The number of carbonyl (C=O) groups is 1. The zero-order chi connectivity index (χ0) is 20.1. The second-order valence-electron chi connectivity index (χ2n) is 5.81. The number of para-hydroxylation sites is 2. The van der Waals surface area contributed by atoms with Gasteiger partial charge in [-0.15, -0.1) is 10.2 Å². The number of amides is 1. The molecule has 0 radical (unpaired) electrons. The van der Waals surface area contributed by atoms with Crippen molar-refractivity contribution in [2.24, 2.45) is 0 Å². The fraction of sp³-hybridized carbons (Fsp3) is 0.222. The minimum atomic E-state index is -0.528. The summed E-state index contributed by atoms with van der Waals surface area (Å²) in [5, 5.41) is 22.2. The third kappa shape index (κ3) is 4.17. The first-order valence-corrected chi connectivity index (χ1v) is 9.43. The van der Waals surface area contributed by atoms with Crippen LogP contribution in [0, 0.1) is 10.1 Å². The summed E-state index contributed by atoms with van der Waals surface area (Å²) in [4.78, 5) is 27.1. The predicted molar refractivity (Wildman–Crippen MR) is 106 cm³/mol. The third-order valence-electron chi connectivity index (χ3n) is 3.98. The van der Waals surface area contributed by atoms with Gasteiger partial charge in [-0.25, -0.2) is 0 Å². The van der Waals surface area contributed by atoms with Gasteiger partial charge >= 0.3 is 0 Å². The molecule has 10 heteroatoms. The molecule has 2 heterocycles. The van der Waals surface area contributed by atoms with Gasteiger partial charge in [-0.05, 0) is 32.0 Å². The van der Waals surface area contributed by atoms with Crippen LogP contribution in [0.4, 0.5) is 11.4 Å². The number of benzene rings is 1. The zero-order valence-corrected chi connectivity index (χ0v) is 16.1. The standard InChI is InChI=1S/C18H18N6O3S/c1-3-23-16(13-8-10-19-11-9-13)21-22-18(23)28-12(2)17(25)20-14-6-4-5-7-15(14)24(26)27/h4-12H,3H2,1-2H3,(H,20,25)/t12-/m1/s1. The number of hydrogen-bond acceptors (Lipinski definition) is 7. The summed E-state index contributed by atoms with van der Waals surface area (Å²) in [5.41, 5.74) is 0.900. The van der Waals surface area contributed by atoms with Gasteiger partial charge in [-0.1, -0.05) is 23.9 Å². The van der Waals surface area contributed by atoms with Crippen molar-refractivity contribution >= 4 is 29.0 Å². The van der Waals surface area contributed by atoms with E-state index in [9.17, 15) is 14.9 Å². The molecular formula is C18H18N6O3S. The number of thioether (sulfide) groups is 1. The Morgan fingerprint density at radius 1 is 1.25 bits per heavy atom. The van der Waals surface area contributed by atoms with E-state index < -0.39 is 10.2 Å². The van der Waals surface area contributed by atoms with Crippen molar-refractivity contribution in [1.82, 2.24) is 19.7 Å². The molecule has 3 rings (SSSR count). The molecule has 0 fully saturated rings. The largest absolute Gasteiger partial charge is 0.319 e. The molecule has 0 aliphatic carbocycles. The molecule has 1 amide bonds. The number of rotatable bonds is 7. The van der Waals surface area contributed by atoms with E-state index in [0.29, 0.717) is 17.5 Å². The van der Waals surface area contributed by atoms with Crippen LogP contribution in [-0.4, -0.2) is 35.8 Å². The first kappa shape index (κ1) is 19.5. The molecule has 0 bridgehead atoms. The predicted octanol–water partition coefficient (Wildman–Crippen LogP) is 3.39. The van der Waals surface area contributed by atoms with E-state index >= 15 is 0 Å². The normalized spacial score (nSPS) is 11.8. The van der Waals surface area contributed by atoms with Crippen molar-refractivity contribution in [3.63, 3.8) is 0 Å². The Hall–Kier alpha value is -3.27. The number of carbonyl (C=O) groups excluding carboxylic acids is 1. The number of nitrogens with zero attached hydrogens (tertiary/aromatic N) is 5. The number of nitro benzene ring substituents is 1. The van der Waals surface area contributed by atoms with E-state index in [0.717, 1.165) is 5.56 Å². The number of aromatic nitrogens is 4. The summed E-state index contributed by atoms with van der Waals surface area (Å²) in [5.74, 6) is 0.342. The number of nitrogens with one attached hydrogen (secondary N) is 1. The van der Waals surface area contributed by atoms with E-state index in [1.807, 2.05) is 23.6 Å². The van der Waals surface area contributed by atoms with Crippen LogP contribution in [-0.2, 0) is 11.3 Å². The monoisotopic (exact) mass is 398 g/mol. The molecule has 0 aliphatic heterocycles. The second kappa shape index (κ2) is 8.61. The van der Waals surface area contributed by atoms with E-state index in [1.54, 1.807) is 31.5 Å². The lowest BCUT2D eigenvalue weighted by molar-refractivity contribution is -0.383. The Bertz CT molecular complexity index is 992. The molecule has 144 valence electrons. The Kier molecular flexibility index (Phi) is 5.99. The molecule has 0 spiro atoms. The van der Waals surface area contributed by atoms with Gasteiger partial charge in [0.05, 0.1) is 10.2 Å². The van der Waals surface area contributed by atoms with Crippen molar-refractivity contribution in [3.8, 4) is 11.4 Å². The van der Waals surface area contributed by atoms with Crippen molar-refractivity contribution < 1.29 is 9.72 Å². The fourth-order valence-corrected chi connectivity index (χ4v) is 3.47. The molecule has 1 aromatic carbocycles. The number of nitro groups is 1. The minimum absolute atomic E-state index is 0.148. The van der Waals surface area contributed by atoms with Crippen LogP contribution in [0.25, 0.3) is 11.4 Å². The second-order valence-corrected chi connectivity index (χ2v) is 7.12. The Labute approximate surface area is 165 Å². The van der Waals surface area contributed by atoms with Crippen LogP contribution < -0.4 is 5.32 Å². The number of pyridine rings is 1. The maximum atomic E-state index is 12.5. The van der Waals surface area contributed by atoms with E-state index in [1.165, 1.54) is 23.9 Å². The first-order valence-electron chi connectivity index (χ1n) is 8.55. The van der Waals surface area contributed by atoms with Crippen LogP contribution >= 0.6 is 11.8 Å². The highest BCUT2D eigenvalue weighted by atomic mass is 32.2. The number of hydrogen-bond donors (Lipinski definition) is 1. The van der Waals surface area contributed by atoms with Gasteiger partial charge in [0.25, 0.3) is 5.69 Å². The molecule has 0 saturated carbocycles. The van der Waals surface area contributed by atoms with Gasteiger partial charge in [0.1, 0.15) is 5.69 Å². The van der Waals surface area contributed by atoms with Gasteiger partial charge in [0.2, 0.25) is 5.91 Å². The van der Waals surface area contributed by atoms with Gasteiger partial charge in [-0.2, -0.15) is 0 Å². The lowest BCUT2D eigenvalue weighted by Gasteiger charge is -2.13.